The molecule has 7 heteroatoms. The van der Waals surface area contributed by atoms with Gasteiger partial charge in [0.25, 0.3) is 5.69 Å². The first-order valence-corrected chi connectivity index (χ1v) is 6.84. The van der Waals surface area contributed by atoms with E-state index in [-0.39, 0.29) is 11.4 Å². The van der Waals surface area contributed by atoms with Crippen LogP contribution in [-0.4, -0.2) is 23.1 Å². The first-order valence-electron chi connectivity index (χ1n) is 6.84. The molecule has 0 amide bonds. The zero-order valence-corrected chi connectivity index (χ0v) is 12.4. The second kappa shape index (κ2) is 7.37. The normalized spacial score (nSPS) is 11.7. The lowest BCUT2D eigenvalue weighted by atomic mass is 10.1. The molecule has 0 heterocycles. The summed E-state index contributed by atoms with van der Waals surface area (Å²) in [5.74, 6) is -0.356. The fraction of sp³-hybridized carbons (Fsp3) is 0.188. The van der Waals surface area contributed by atoms with Crippen LogP contribution in [0.3, 0.4) is 0 Å². The van der Waals surface area contributed by atoms with Crippen molar-refractivity contribution in [2.75, 3.05) is 7.11 Å². The number of phenols is 1. The topological polar surface area (TPSA) is 102 Å². The molecule has 2 N–H and O–H groups in total. The fourth-order valence-electron chi connectivity index (χ4n) is 2.08. The zero-order valence-electron chi connectivity index (χ0n) is 12.4. The molecule has 0 bridgehead atoms. The van der Waals surface area contributed by atoms with E-state index in [0.29, 0.717) is 12.1 Å². The number of aromatic hydroxyl groups is 1. The van der Waals surface area contributed by atoms with E-state index in [9.17, 15) is 20.0 Å². The summed E-state index contributed by atoms with van der Waals surface area (Å²) in [6.07, 6.45) is 0. The molecule has 120 valence electrons. The van der Waals surface area contributed by atoms with Crippen LogP contribution in [0.5, 0.6) is 5.75 Å². The molecule has 0 aromatic heterocycles. The van der Waals surface area contributed by atoms with Crippen LogP contribution in [0.15, 0.2) is 48.5 Å². The van der Waals surface area contributed by atoms with Gasteiger partial charge in [-0.25, -0.2) is 4.79 Å². The van der Waals surface area contributed by atoms with E-state index in [1.165, 1.54) is 31.4 Å². The molecule has 0 saturated carbocycles. The number of rotatable bonds is 6. The number of phenolic OH excluding ortho intramolecular Hbond substituents is 1. The third kappa shape index (κ3) is 4.27. The summed E-state index contributed by atoms with van der Waals surface area (Å²) in [6, 6.07) is 11.6. The van der Waals surface area contributed by atoms with Crippen molar-refractivity contribution in [3.63, 3.8) is 0 Å². The number of ether oxygens (including phenoxy) is 1. The van der Waals surface area contributed by atoms with Crippen LogP contribution in [0.4, 0.5) is 5.69 Å². The maximum atomic E-state index is 11.9. The zero-order chi connectivity index (χ0) is 16.8. The summed E-state index contributed by atoms with van der Waals surface area (Å²) < 4.78 is 4.78. The van der Waals surface area contributed by atoms with E-state index < -0.39 is 16.9 Å². The summed E-state index contributed by atoms with van der Waals surface area (Å²) in [5.41, 5.74) is 1.46. The molecule has 0 aliphatic rings. The van der Waals surface area contributed by atoms with Crippen LogP contribution >= 0.6 is 0 Å². The summed E-state index contributed by atoms with van der Waals surface area (Å²) in [7, 11) is 1.29. The van der Waals surface area contributed by atoms with Crippen molar-refractivity contribution in [1.82, 2.24) is 5.32 Å². The molecule has 0 aliphatic carbocycles. The number of methoxy groups -OCH3 is 1. The number of nitro groups is 1. The van der Waals surface area contributed by atoms with Gasteiger partial charge in [-0.05, 0) is 23.3 Å². The number of nitro benzene ring substituents is 1. The van der Waals surface area contributed by atoms with Gasteiger partial charge in [-0.2, -0.15) is 0 Å². The van der Waals surface area contributed by atoms with Crippen LogP contribution in [0, 0.1) is 10.1 Å². The summed E-state index contributed by atoms with van der Waals surface area (Å²) in [5, 5.41) is 23.0. The van der Waals surface area contributed by atoms with Gasteiger partial charge in [-0.3, -0.25) is 15.4 Å². The summed E-state index contributed by atoms with van der Waals surface area (Å²) >= 11 is 0. The monoisotopic (exact) mass is 316 g/mol. The molecule has 0 saturated heterocycles. The van der Waals surface area contributed by atoms with Crippen molar-refractivity contribution < 1.29 is 19.6 Å². The summed E-state index contributed by atoms with van der Waals surface area (Å²) in [4.78, 5) is 22.1. The van der Waals surface area contributed by atoms with Gasteiger partial charge in [0, 0.05) is 18.7 Å². The van der Waals surface area contributed by atoms with Gasteiger partial charge in [0.1, 0.15) is 11.8 Å². The van der Waals surface area contributed by atoms with Crippen molar-refractivity contribution in [3.05, 3.63) is 69.8 Å². The smallest absolute Gasteiger partial charge is 0.327 e. The van der Waals surface area contributed by atoms with Crippen LogP contribution in [0.2, 0.25) is 0 Å². The van der Waals surface area contributed by atoms with Gasteiger partial charge < -0.3 is 9.84 Å². The van der Waals surface area contributed by atoms with Crippen molar-refractivity contribution in [2.24, 2.45) is 0 Å². The minimum absolute atomic E-state index is 0.0109. The van der Waals surface area contributed by atoms with Gasteiger partial charge in [0.15, 0.2) is 0 Å². The minimum Gasteiger partial charge on any atom is -0.508 e. The molecule has 0 radical (unpaired) electrons. The lowest BCUT2D eigenvalue weighted by Gasteiger charge is -2.17. The Bertz CT molecular complexity index is 683. The number of esters is 1. The van der Waals surface area contributed by atoms with Crippen LogP contribution in [0.1, 0.15) is 17.2 Å². The number of carbonyl (C=O) groups excluding carboxylic acids is 1. The standard InChI is InChI=1S/C16H16N2O5/c1-23-16(20)15(12-4-8-14(19)9-5-12)17-10-11-2-6-13(7-3-11)18(21)22/h2-9,15,17,19H,10H2,1H3/t15-/m1/s1. The predicted octanol–water partition coefficient (Wildman–Crippen LogP) is 2.30. The molecule has 0 fully saturated rings. The van der Waals surface area contributed by atoms with Gasteiger partial charge in [-0.15, -0.1) is 0 Å². The SMILES string of the molecule is COC(=O)[C@H](NCc1ccc([N+](=O)[O-])cc1)c1ccc(O)cc1. The van der Waals surface area contributed by atoms with Crippen LogP contribution in [-0.2, 0) is 16.1 Å². The Balaban J connectivity index is 2.10. The van der Waals surface area contributed by atoms with E-state index in [1.54, 1.807) is 24.3 Å². The molecule has 2 aromatic rings. The average Bonchev–Trinajstić information content (AvgIpc) is 2.56. The molecule has 0 spiro atoms. The van der Waals surface area contributed by atoms with Gasteiger partial charge in [-0.1, -0.05) is 24.3 Å². The van der Waals surface area contributed by atoms with E-state index in [0.717, 1.165) is 5.56 Å². The Morgan fingerprint density at radius 1 is 1.22 bits per heavy atom. The predicted molar refractivity (Wildman–Crippen MR) is 82.8 cm³/mol. The number of non-ortho nitro benzene ring substituents is 1. The Hall–Kier alpha value is -2.93. The van der Waals surface area contributed by atoms with Crippen molar-refractivity contribution in [2.45, 2.75) is 12.6 Å². The Labute approximate surface area is 132 Å². The highest BCUT2D eigenvalue weighted by Gasteiger charge is 2.20. The summed E-state index contributed by atoms with van der Waals surface area (Å²) in [6.45, 7) is 0.332. The molecular weight excluding hydrogens is 300 g/mol. The van der Waals surface area contributed by atoms with E-state index in [1.807, 2.05) is 0 Å². The van der Waals surface area contributed by atoms with Crippen molar-refractivity contribution >= 4 is 11.7 Å². The molecule has 7 nitrogen and oxygen atoms in total. The first kappa shape index (κ1) is 16.4. The van der Waals surface area contributed by atoms with Crippen LogP contribution < -0.4 is 5.32 Å². The van der Waals surface area contributed by atoms with Gasteiger partial charge >= 0.3 is 5.97 Å². The minimum atomic E-state index is -0.698. The first-order chi connectivity index (χ1) is 11.0. The van der Waals surface area contributed by atoms with E-state index in [4.69, 9.17) is 4.74 Å². The second-order valence-electron chi connectivity index (χ2n) is 4.85. The van der Waals surface area contributed by atoms with Crippen molar-refractivity contribution in [1.29, 1.82) is 0 Å². The highest BCUT2D eigenvalue weighted by Crippen LogP contribution is 2.19. The Morgan fingerprint density at radius 2 is 1.83 bits per heavy atom. The second-order valence-corrected chi connectivity index (χ2v) is 4.85. The quantitative estimate of drug-likeness (QED) is 0.482. The molecule has 2 rings (SSSR count). The number of hydrogen-bond acceptors (Lipinski definition) is 6. The molecule has 1 atom stereocenters. The van der Waals surface area contributed by atoms with Gasteiger partial charge in [0.05, 0.1) is 12.0 Å². The molecule has 2 aromatic carbocycles. The highest BCUT2D eigenvalue weighted by atomic mass is 16.6. The Kier molecular flexibility index (Phi) is 5.27. The highest BCUT2D eigenvalue weighted by molar-refractivity contribution is 5.77. The number of nitrogens with zero attached hydrogens (tertiary/aromatic N) is 1. The Morgan fingerprint density at radius 3 is 2.35 bits per heavy atom. The number of carbonyl (C=O) groups is 1. The van der Waals surface area contributed by atoms with Gasteiger partial charge in [0.2, 0.25) is 0 Å². The fourth-order valence-corrected chi connectivity index (χ4v) is 2.08. The maximum Gasteiger partial charge on any atom is 0.327 e. The third-order valence-corrected chi connectivity index (χ3v) is 3.32. The van der Waals surface area contributed by atoms with E-state index >= 15 is 0 Å². The molecular formula is C16H16N2O5. The lowest BCUT2D eigenvalue weighted by Crippen LogP contribution is -2.29. The van der Waals surface area contributed by atoms with E-state index in [2.05, 4.69) is 5.32 Å². The number of benzene rings is 2. The maximum absolute atomic E-state index is 11.9. The largest absolute Gasteiger partial charge is 0.508 e. The lowest BCUT2D eigenvalue weighted by molar-refractivity contribution is -0.384. The third-order valence-electron chi connectivity index (χ3n) is 3.32. The number of hydrogen-bond donors (Lipinski definition) is 2. The molecule has 0 aliphatic heterocycles. The molecule has 0 unspecified atom stereocenters. The van der Waals surface area contributed by atoms with Crippen LogP contribution in [0.25, 0.3) is 0 Å². The number of nitrogens with one attached hydrogen (secondary N) is 1. The van der Waals surface area contributed by atoms with Crippen molar-refractivity contribution in [3.8, 4) is 5.75 Å². The molecule has 23 heavy (non-hydrogen) atoms. The average molecular weight is 316 g/mol.